The number of nitrogen functional groups attached to an aromatic ring is 1. The van der Waals surface area contributed by atoms with Crippen LogP contribution < -0.4 is 11.1 Å². The van der Waals surface area contributed by atoms with Gasteiger partial charge in [-0.25, -0.2) is 4.98 Å². The molecule has 0 aliphatic carbocycles. The SMILES string of the molecule is Nc1c(Cl)cc(NC(=O)c2csc(-c3ccsc3)n2)cc1Cl. The van der Waals surface area contributed by atoms with Crippen molar-refractivity contribution in [1.29, 1.82) is 0 Å². The maximum atomic E-state index is 12.2. The molecule has 0 atom stereocenters. The van der Waals surface area contributed by atoms with E-state index in [1.807, 2.05) is 16.8 Å². The Morgan fingerprint density at radius 1 is 1.23 bits per heavy atom. The monoisotopic (exact) mass is 369 g/mol. The van der Waals surface area contributed by atoms with Gasteiger partial charge in [-0.2, -0.15) is 11.3 Å². The van der Waals surface area contributed by atoms with E-state index in [1.54, 1.807) is 28.8 Å². The molecule has 0 radical (unpaired) electrons. The average Bonchev–Trinajstić information content (AvgIpc) is 3.15. The predicted molar refractivity (Wildman–Crippen MR) is 94.3 cm³/mol. The number of nitrogens with one attached hydrogen (secondary N) is 1. The molecule has 0 saturated heterocycles. The van der Waals surface area contributed by atoms with Crippen molar-refractivity contribution in [2.75, 3.05) is 11.1 Å². The first-order chi connectivity index (χ1) is 10.5. The highest BCUT2D eigenvalue weighted by molar-refractivity contribution is 7.14. The van der Waals surface area contributed by atoms with Crippen molar-refractivity contribution < 1.29 is 4.79 Å². The lowest BCUT2D eigenvalue weighted by molar-refractivity contribution is 0.102. The zero-order chi connectivity index (χ0) is 15.7. The molecule has 0 fully saturated rings. The third kappa shape index (κ3) is 3.10. The van der Waals surface area contributed by atoms with Crippen LogP contribution in [-0.4, -0.2) is 10.9 Å². The molecule has 112 valence electrons. The number of anilines is 2. The van der Waals surface area contributed by atoms with Crippen LogP contribution in [-0.2, 0) is 0 Å². The Balaban J connectivity index is 1.80. The van der Waals surface area contributed by atoms with Crippen LogP contribution in [0.1, 0.15) is 10.5 Å². The number of thiophene rings is 1. The van der Waals surface area contributed by atoms with Crippen molar-refractivity contribution in [1.82, 2.24) is 4.98 Å². The Kier molecular flexibility index (Phi) is 4.35. The largest absolute Gasteiger partial charge is 0.396 e. The smallest absolute Gasteiger partial charge is 0.275 e. The minimum atomic E-state index is -0.324. The van der Waals surface area contributed by atoms with Gasteiger partial charge in [0.1, 0.15) is 10.7 Å². The molecule has 3 aromatic rings. The molecule has 3 rings (SSSR count). The Labute approximate surface area is 144 Å². The molecular weight excluding hydrogens is 361 g/mol. The molecule has 1 aromatic carbocycles. The second-order valence-corrected chi connectivity index (χ2v) is 6.81. The second kappa shape index (κ2) is 6.26. The van der Waals surface area contributed by atoms with E-state index in [-0.39, 0.29) is 11.6 Å². The van der Waals surface area contributed by atoms with E-state index in [1.165, 1.54) is 11.3 Å². The standard InChI is InChI=1S/C14H9Cl2N3OS2/c15-9-3-8(4-10(16)12(9)17)18-13(20)11-6-22-14(19-11)7-1-2-21-5-7/h1-6H,17H2,(H,18,20). The number of rotatable bonds is 3. The number of carbonyl (C=O) groups is 1. The summed E-state index contributed by atoms with van der Waals surface area (Å²) in [5.41, 5.74) is 7.77. The van der Waals surface area contributed by atoms with Crippen LogP contribution in [0.4, 0.5) is 11.4 Å². The van der Waals surface area contributed by atoms with Crippen molar-refractivity contribution >= 4 is 63.2 Å². The highest BCUT2D eigenvalue weighted by Gasteiger charge is 2.14. The van der Waals surface area contributed by atoms with Gasteiger partial charge in [0.2, 0.25) is 0 Å². The quantitative estimate of drug-likeness (QED) is 0.637. The van der Waals surface area contributed by atoms with Gasteiger partial charge in [0.15, 0.2) is 0 Å². The number of nitrogens with two attached hydrogens (primary N) is 1. The molecule has 0 saturated carbocycles. The molecule has 4 nitrogen and oxygen atoms in total. The van der Waals surface area contributed by atoms with Crippen molar-refractivity contribution in [2.45, 2.75) is 0 Å². The molecule has 1 amide bonds. The van der Waals surface area contributed by atoms with Gasteiger partial charge in [0.25, 0.3) is 5.91 Å². The van der Waals surface area contributed by atoms with Gasteiger partial charge < -0.3 is 11.1 Å². The summed E-state index contributed by atoms with van der Waals surface area (Å²) in [6.45, 7) is 0. The predicted octanol–water partition coefficient (Wildman–Crippen LogP) is 5.01. The van der Waals surface area contributed by atoms with E-state index in [0.29, 0.717) is 21.4 Å². The van der Waals surface area contributed by atoms with Crippen molar-refractivity contribution in [2.24, 2.45) is 0 Å². The summed E-state index contributed by atoms with van der Waals surface area (Å²) >= 11 is 14.9. The van der Waals surface area contributed by atoms with Crippen molar-refractivity contribution in [3.8, 4) is 10.6 Å². The Hall–Kier alpha value is -1.60. The van der Waals surface area contributed by atoms with E-state index in [2.05, 4.69) is 10.3 Å². The van der Waals surface area contributed by atoms with Crippen LogP contribution in [0.2, 0.25) is 10.0 Å². The van der Waals surface area contributed by atoms with Gasteiger partial charge in [-0.1, -0.05) is 23.2 Å². The summed E-state index contributed by atoms with van der Waals surface area (Å²) in [5.74, 6) is -0.324. The van der Waals surface area contributed by atoms with Crippen molar-refractivity contribution in [3.63, 3.8) is 0 Å². The topological polar surface area (TPSA) is 68.0 Å². The molecule has 0 unspecified atom stereocenters. The zero-order valence-corrected chi connectivity index (χ0v) is 14.1. The van der Waals surface area contributed by atoms with Crippen LogP contribution in [0.3, 0.4) is 0 Å². The van der Waals surface area contributed by atoms with Gasteiger partial charge in [-0.05, 0) is 23.6 Å². The summed E-state index contributed by atoms with van der Waals surface area (Å²) < 4.78 is 0. The summed E-state index contributed by atoms with van der Waals surface area (Å²) in [6, 6.07) is 5.06. The van der Waals surface area contributed by atoms with Gasteiger partial charge in [0.05, 0.1) is 15.7 Å². The lowest BCUT2D eigenvalue weighted by Crippen LogP contribution is -2.12. The number of hydrogen-bond acceptors (Lipinski definition) is 5. The van der Waals surface area contributed by atoms with Crippen molar-refractivity contribution in [3.05, 3.63) is 50.1 Å². The number of carbonyl (C=O) groups excluding carboxylic acids is 1. The lowest BCUT2D eigenvalue weighted by Gasteiger charge is -2.07. The van der Waals surface area contributed by atoms with E-state index in [4.69, 9.17) is 28.9 Å². The first kappa shape index (κ1) is 15.3. The Morgan fingerprint density at radius 2 is 1.95 bits per heavy atom. The maximum absolute atomic E-state index is 12.2. The molecule has 22 heavy (non-hydrogen) atoms. The number of thiazole rings is 1. The number of halogens is 2. The Morgan fingerprint density at radius 3 is 2.59 bits per heavy atom. The molecule has 2 heterocycles. The molecule has 0 spiro atoms. The van der Waals surface area contributed by atoms with E-state index < -0.39 is 0 Å². The van der Waals surface area contributed by atoms with Crippen LogP contribution in [0, 0.1) is 0 Å². The minimum absolute atomic E-state index is 0.287. The van der Waals surface area contributed by atoms with Gasteiger partial charge in [-0.15, -0.1) is 11.3 Å². The molecule has 2 aromatic heterocycles. The summed E-state index contributed by atoms with van der Waals surface area (Å²) in [5, 5.41) is 9.76. The first-order valence-corrected chi connectivity index (χ1v) is 8.66. The summed E-state index contributed by atoms with van der Waals surface area (Å²) in [7, 11) is 0. The second-order valence-electron chi connectivity index (χ2n) is 4.36. The molecule has 0 aliphatic rings. The highest BCUT2D eigenvalue weighted by atomic mass is 35.5. The fourth-order valence-electron chi connectivity index (χ4n) is 1.75. The van der Waals surface area contributed by atoms with Crippen LogP contribution in [0.5, 0.6) is 0 Å². The molecule has 0 aliphatic heterocycles. The highest BCUT2D eigenvalue weighted by Crippen LogP contribution is 2.31. The fourth-order valence-corrected chi connectivity index (χ4v) is 3.75. The van der Waals surface area contributed by atoms with Gasteiger partial charge in [0, 0.05) is 22.0 Å². The molecule has 0 bridgehead atoms. The number of amides is 1. The molecule has 8 heteroatoms. The number of nitrogens with zero attached hydrogens (tertiary/aromatic N) is 1. The van der Waals surface area contributed by atoms with Crippen LogP contribution in [0.25, 0.3) is 10.6 Å². The van der Waals surface area contributed by atoms with Crippen LogP contribution >= 0.6 is 45.9 Å². The fraction of sp³-hybridized carbons (Fsp3) is 0. The maximum Gasteiger partial charge on any atom is 0.275 e. The average molecular weight is 370 g/mol. The number of aromatic nitrogens is 1. The molecule has 3 N–H and O–H groups in total. The number of benzene rings is 1. The van der Waals surface area contributed by atoms with Gasteiger partial charge in [-0.3, -0.25) is 4.79 Å². The van der Waals surface area contributed by atoms with Crippen LogP contribution in [0.15, 0.2) is 34.3 Å². The van der Waals surface area contributed by atoms with Gasteiger partial charge >= 0.3 is 0 Å². The van der Waals surface area contributed by atoms with E-state index in [0.717, 1.165) is 10.6 Å². The summed E-state index contributed by atoms with van der Waals surface area (Å²) in [6.07, 6.45) is 0. The minimum Gasteiger partial charge on any atom is -0.396 e. The third-order valence-corrected chi connectivity index (χ3v) is 5.04. The summed E-state index contributed by atoms with van der Waals surface area (Å²) in [4.78, 5) is 16.6. The van der Waals surface area contributed by atoms with E-state index >= 15 is 0 Å². The number of hydrogen-bond donors (Lipinski definition) is 2. The Bertz CT molecular complexity index is 807. The first-order valence-electron chi connectivity index (χ1n) is 6.08. The third-order valence-electron chi connectivity index (χ3n) is 2.84. The zero-order valence-electron chi connectivity index (χ0n) is 11.0. The van der Waals surface area contributed by atoms with E-state index in [9.17, 15) is 4.79 Å². The lowest BCUT2D eigenvalue weighted by atomic mass is 10.2. The normalized spacial score (nSPS) is 10.6. The molecular formula is C14H9Cl2N3OS2.